The molecule has 1 aromatic carbocycles. The SMILES string of the molecule is COc1ccc(Cn2nc(O)c(C(F)(F)F)cc2=O)cc1. The first kappa shape index (κ1) is 14.9. The van der Waals surface area contributed by atoms with Crippen molar-refractivity contribution in [1.29, 1.82) is 0 Å². The van der Waals surface area contributed by atoms with Crippen LogP contribution >= 0.6 is 0 Å². The van der Waals surface area contributed by atoms with E-state index in [-0.39, 0.29) is 6.54 Å². The van der Waals surface area contributed by atoms with Crippen LogP contribution in [0.5, 0.6) is 11.6 Å². The first-order valence-corrected chi connectivity index (χ1v) is 5.82. The molecule has 0 bridgehead atoms. The highest BCUT2D eigenvalue weighted by molar-refractivity contribution is 5.28. The molecule has 2 aromatic rings. The van der Waals surface area contributed by atoms with Crippen molar-refractivity contribution in [3.8, 4) is 11.6 Å². The third-order valence-electron chi connectivity index (χ3n) is 2.78. The van der Waals surface area contributed by atoms with Crippen molar-refractivity contribution < 1.29 is 23.0 Å². The number of nitrogens with zero attached hydrogens (tertiary/aromatic N) is 2. The summed E-state index contributed by atoms with van der Waals surface area (Å²) in [6, 6.07) is 6.89. The van der Waals surface area contributed by atoms with Gasteiger partial charge >= 0.3 is 6.18 Å². The summed E-state index contributed by atoms with van der Waals surface area (Å²) in [5.74, 6) is -0.620. The van der Waals surface area contributed by atoms with Crippen LogP contribution in [0.25, 0.3) is 0 Å². The zero-order chi connectivity index (χ0) is 15.6. The van der Waals surface area contributed by atoms with E-state index in [1.54, 1.807) is 24.3 Å². The second-order valence-electron chi connectivity index (χ2n) is 4.22. The lowest BCUT2D eigenvalue weighted by Gasteiger charge is -2.10. The van der Waals surface area contributed by atoms with Crippen LogP contribution in [-0.4, -0.2) is 22.0 Å². The monoisotopic (exact) mass is 300 g/mol. The van der Waals surface area contributed by atoms with E-state index in [9.17, 15) is 23.1 Å². The summed E-state index contributed by atoms with van der Waals surface area (Å²) in [4.78, 5) is 11.6. The Balaban J connectivity index is 2.32. The van der Waals surface area contributed by atoms with Gasteiger partial charge in [0.15, 0.2) is 0 Å². The molecule has 0 atom stereocenters. The molecule has 21 heavy (non-hydrogen) atoms. The topological polar surface area (TPSA) is 64.3 Å². The molecule has 0 spiro atoms. The quantitative estimate of drug-likeness (QED) is 0.942. The Morgan fingerprint density at radius 3 is 2.43 bits per heavy atom. The number of aromatic nitrogens is 2. The van der Waals surface area contributed by atoms with Gasteiger partial charge in [0.2, 0.25) is 5.88 Å². The second kappa shape index (κ2) is 5.47. The van der Waals surface area contributed by atoms with Gasteiger partial charge in [0.1, 0.15) is 11.3 Å². The smallest absolute Gasteiger partial charge is 0.421 e. The Kier molecular flexibility index (Phi) is 3.88. The van der Waals surface area contributed by atoms with Crippen molar-refractivity contribution in [1.82, 2.24) is 9.78 Å². The highest BCUT2D eigenvalue weighted by Crippen LogP contribution is 2.32. The lowest BCUT2D eigenvalue weighted by Crippen LogP contribution is -2.25. The van der Waals surface area contributed by atoms with E-state index >= 15 is 0 Å². The van der Waals surface area contributed by atoms with Crippen LogP contribution in [-0.2, 0) is 12.7 Å². The maximum Gasteiger partial charge on any atom is 0.421 e. The molecular formula is C13H11F3N2O3. The number of halogens is 3. The van der Waals surface area contributed by atoms with Crippen LogP contribution in [0.15, 0.2) is 35.1 Å². The number of hydrogen-bond acceptors (Lipinski definition) is 4. The summed E-state index contributed by atoms with van der Waals surface area (Å²) in [6.07, 6.45) is -4.82. The Morgan fingerprint density at radius 2 is 1.90 bits per heavy atom. The zero-order valence-electron chi connectivity index (χ0n) is 10.9. The van der Waals surface area contributed by atoms with E-state index in [1.165, 1.54) is 7.11 Å². The molecule has 112 valence electrons. The molecule has 0 saturated carbocycles. The minimum atomic E-state index is -4.82. The van der Waals surface area contributed by atoms with Gasteiger partial charge in [-0.2, -0.15) is 13.2 Å². The fourth-order valence-electron chi connectivity index (χ4n) is 1.71. The standard InChI is InChI=1S/C13H11F3N2O3/c1-21-9-4-2-8(3-5-9)7-18-11(19)6-10(12(20)17-18)13(14,15)16/h2-6H,7H2,1H3,(H,17,20). The lowest BCUT2D eigenvalue weighted by molar-refractivity contribution is -0.139. The van der Waals surface area contributed by atoms with Crippen LogP contribution in [0.2, 0.25) is 0 Å². The second-order valence-corrected chi connectivity index (χ2v) is 4.22. The summed E-state index contributed by atoms with van der Waals surface area (Å²) in [5, 5.41) is 12.6. The highest BCUT2D eigenvalue weighted by Gasteiger charge is 2.35. The molecule has 0 aliphatic heterocycles. The predicted molar refractivity (Wildman–Crippen MR) is 67.3 cm³/mol. The van der Waals surface area contributed by atoms with Crippen molar-refractivity contribution in [2.75, 3.05) is 7.11 Å². The van der Waals surface area contributed by atoms with Gasteiger partial charge in [-0.1, -0.05) is 12.1 Å². The molecule has 1 aromatic heterocycles. The molecule has 0 aliphatic rings. The van der Waals surface area contributed by atoms with Gasteiger partial charge in [0.05, 0.1) is 13.7 Å². The summed E-state index contributed by atoms with van der Waals surface area (Å²) in [7, 11) is 1.49. The fraction of sp³-hybridized carbons (Fsp3) is 0.231. The maximum atomic E-state index is 12.5. The predicted octanol–water partition coefficient (Wildman–Crippen LogP) is 2.02. The molecule has 1 N–H and O–H groups in total. The van der Waals surface area contributed by atoms with Crippen LogP contribution in [0, 0.1) is 0 Å². The normalized spacial score (nSPS) is 11.4. The van der Waals surface area contributed by atoms with Crippen LogP contribution in [0.3, 0.4) is 0 Å². The van der Waals surface area contributed by atoms with Crippen LogP contribution < -0.4 is 10.3 Å². The van der Waals surface area contributed by atoms with Crippen molar-refractivity contribution in [3.63, 3.8) is 0 Å². The number of benzene rings is 1. The van der Waals surface area contributed by atoms with Gasteiger partial charge in [-0.05, 0) is 17.7 Å². The van der Waals surface area contributed by atoms with Crippen molar-refractivity contribution in [3.05, 3.63) is 51.8 Å². The van der Waals surface area contributed by atoms with Gasteiger partial charge < -0.3 is 9.84 Å². The summed E-state index contributed by atoms with van der Waals surface area (Å²) in [5.41, 5.74) is -1.76. The Bertz CT molecular complexity index is 693. The van der Waals surface area contributed by atoms with Gasteiger partial charge in [-0.3, -0.25) is 4.79 Å². The molecule has 0 unspecified atom stereocenters. The van der Waals surface area contributed by atoms with E-state index < -0.39 is 23.2 Å². The minimum absolute atomic E-state index is 0.0610. The van der Waals surface area contributed by atoms with E-state index in [4.69, 9.17) is 4.74 Å². The van der Waals surface area contributed by atoms with E-state index in [1.807, 2.05) is 0 Å². The summed E-state index contributed by atoms with van der Waals surface area (Å²) >= 11 is 0. The number of rotatable bonds is 3. The molecule has 5 nitrogen and oxygen atoms in total. The van der Waals surface area contributed by atoms with Crippen molar-refractivity contribution in [2.24, 2.45) is 0 Å². The summed E-state index contributed by atoms with van der Waals surface area (Å²) in [6.45, 7) is -0.0610. The average molecular weight is 300 g/mol. The zero-order valence-corrected chi connectivity index (χ0v) is 10.9. The molecule has 0 fully saturated rings. The van der Waals surface area contributed by atoms with E-state index in [0.717, 1.165) is 4.68 Å². The Morgan fingerprint density at radius 1 is 1.29 bits per heavy atom. The number of hydrogen-bond donors (Lipinski definition) is 1. The fourth-order valence-corrected chi connectivity index (χ4v) is 1.71. The summed E-state index contributed by atoms with van der Waals surface area (Å²) < 4.78 is 43.2. The minimum Gasteiger partial charge on any atom is -0.497 e. The average Bonchev–Trinajstić information content (AvgIpc) is 2.42. The van der Waals surface area contributed by atoms with Gasteiger partial charge in [0, 0.05) is 6.07 Å². The highest BCUT2D eigenvalue weighted by atomic mass is 19.4. The molecule has 0 aliphatic carbocycles. The van der Waals surface area contributed by atoms with Crippen molar-refractivity contribution >= 4 is 0 Å². The number of alkyl halides is 3. The first-order chi connectivity index (χ1) is 9.81. The molecular weight excluding hydrogens is 289 g/mol. The van der Waals surface area contributed by atoms with Crippen LogP contribution in [0.4, 0.5) is 13.2 Å². The largest absolute Gasteiger partial charge is 0.497 e. The molecule has 1 heterocycles. The maximum absolute atomic E-state index is 12.5. The van der Waals surface area contributed by atoms with E-state index in [2.05, 4.69) is 5.10 Å². The third kappa shape index (κ3) is 3.33. The molecule has 0 saturated heterocycles. The Labute approximate surface area is 117 Å². The molecule has 0 radical (unpaired) electrons. The Hall–Kier alpha value is -2.51. The van der Waals surface area contributed by atoms with Crippen LogP contribution in [0.1, 0.15) is 11.1 Å². The van der Waals surface area contributed by atoms with Gasteiger partial charge in [0.25, 0.3) is 5.56 Å². The van der Waals surface area contributed by atoms with Crippen molar-refractivity contribution in [2.45, 2.75) is 12.7 Å². The number of methoxy groups -OCH3 is 1. The molecule has 0 amide bonds. The van der Waals surface area contributed by atoms with Gasteiger partial charge in [-0.25, -0.2) is 4.68 Å². The van der Waals surface area contributed by atoms with Gasteiger partial charge in [-0.15, -0.1) is 5.10 Å². The number of aromatic hydroxyl groups is 1. The van der Waals surface area contributed by atoms with E-state index in [0.29, 0.717) is 17.4 Å². The lowest BCUT2D eigenvalue weighted by atomic mass is 10.2. The first-order valence-electron chi connectivity index (χ1n) is 5.82. The number of ether oxygens (including phenoxy) is 1. The molecule has 8 heteroatoms. The molecule has 2 rings (SSSR count). The third-order valence-corrected chi connectivity index (χ3v) is 2.78.